The molecule has 3 aromatic rings. The number of rotatable bonds is 4. The number of ether oxygens (including phenoxy) is 1. The molecule has 0 saturated carbocycles. The smallest absolute Gasteiger partial charge is 0.263 e. The molecule has 1 saturated heterocycles. The predicted molar refractivity (Wildman–Crippen MR) is 112 cm³/mol. The van der Waals surface area contributed by atoms with Crippen molar-refractivity contribution in [3.8, 4) is 0 Å². The third kappa shape index (κ3) is 3.19. The van der Waals surface area contributed by atoms with Gasteiger partial charge < -0.3 is 30.1 Å². The first-order chi connectivity index (χ1) is 15.8. The maximum Gasteiger partial charge on any atom is 0.263 e. The van der Waals surface area contributed by atoms with Gasteiger partial charge in [0.15, 0.2) is 6.23 Å². The van der Waals surface area contributed by atoms with Gasteiger partial charge in [-0.25, -0.2) is 4.68 Å². The summed E-state index contributed by atoms with van der Waals surface area (Å²) in [6.45, 7) is -0.601. The van der Waals surface area contributed by atoms with Crippen molar-refractivity contribution in [2.24, 2.45) is 0 Å². The van der Waals surface area contributed by atoms with Gasteiger partial charge >= 0.3 is 0 Å². The second-order valence-electron chi connectivity index (χ2n) is 7.97. The Labute approximate surface area is 186 Å². The fourth-order valence-electron chi connectivity index (χ4n) is 4.22. The van der Waals surface area contributed by atoms with Gasteiger partial charge in [-0.1, -0.05) is 23.4 Å². The number of para-hydroxylation sites is 1. The first-order valence-electron chi connectivity index (χ1n) is 10.2. The number of carbonyl (C=O) groups excluding carboxylic acids is 2. The number of aliphatic hydroxyl groups is 4. The van der Waals surface area contributed by atoms with Gasteiger partial charge in [0.05, 0.1) is 23.9 Å². The van der Waals surface area contributed by atoms with Gasteiger partial charge in [0, 0.05) is 29.7 Å². The third-order valence-electron chi connectivity index (χ3n) is 6.04. The van der Waals surface area contributed by atoms with E-state index in [-0.39, 0.29) is 16.8 Å². The Morgan fingerprint density at radius 3 is 2.55 bits per heavy atom. The number of imide groups is 1. The summed E-state index contributed by atoms with van der Waals surface area (Å²) in [5, 5.41) is 48.5. The van der Waals surface area contributed by atoms with Crippen LogP contribution in [-0.2, 0) is 14.3 Å². The summed E-state index contributed by atoms with van der Waals surface area (Å²) in [5.74, 6) is -1.07. The molecule has 2 aliphatic heterocycles. The fraction of sp³-hybridized carbons (Fsp3) is 0.333. The first kappa shape index (κ1) is 21.4. The lowest BCUT2D eigenvalue weighted by Crippen LogP contribution is -2.56. The highest BCUT2D eigenvalue weighted by atomic mass is 16.6. The van der Waals surface area contributed by atoms with Crippen LogP contribution in [0.1, 0.15) is 17.5 Å². The summed E-state index contributed by atoms with van der Waals surface area (Å²) in [6, 6.07) is 7.34. The standard InChI is InChI=1S/C21H21N5O7/c1-25-19(31)14(10-6-22-11-5-3-2-4-9(10)11)15(20(25)32)12-7-26(24-23-12)21-18(30)17(29)16(28)13(8-27)33-21/h2-7,13,16-18,21-22,27-30H,8H2,1H3/t13-,16-,17+,18-,21-/m1/s1. The molecule has 5 N–H and O–H groups in total. The van der Waals surface area contributed by atoms with Crippen molar-refractivity contribution < 1.29 is 34.8 Å². The van der Waals surface area contributed by atoms with E-state index in [9.17, 15) is 30.0 Å². The summed E-state index contributed by atoms with van der Waals surface area (Å²) >= 11 is 0. The molecule has 12 heteroatoms. The lowest BCUT2D eigenvalue weighted by atomic mass is 9.98. The average Bonchev–Trinajstić information content (AvgIpc) is 3.51. The Morgan fingerprint density at radius 1 is 1.06 bits per heavy atom. The monoisotopic (exact) mass is 455 g/mol. The Bertz CT molecular complexity index is 1280. The maximum atomic E-state index is 13.0. The quantitative estimate of drug-likeness (QED) is 0.298. The van der Waals surface area contributed by atoms with Crippen molar-refractivity contribution >= 4 is 33.9 Å². The zero-order chi connectivity index (χ0) is 23.4. The van der Waals surface area contributed by atoms with E-state index in [4.69, 9.17) is 4.74 Å². The summed E-state index contributed by atoms with van der Waals surface area (Å²) in [7, 11) is 1.37. The Morgan fingerprint density at radius 2 is 1.79 bits per heavy atom. The van der Waals surface area contributed by atoms with Gasteiger partial charge in [0.1, 0.15) is 30.1 Å². The fourth-order valence-corrected chi connectivity index (χ4v) is 4.22. The molecule has 33 heavy (non-hydrogen) atoms. The number of hydrogen-bond acceptors (Lipinski definition) is 9. The number of carbonyl (C=O) groups is 2. The summed E-state index contributed by atoms with van der Waals surface area (Å²) in [4.78, 5) is 30.0. The van der Waals surface area contributed by atoms with E-state index >= 15 is 0 Å². The van der Waals surface area contributed by atoms with E-state index in [1.54, 1.807) is 6.20 Å². The molecule has 0 radical (unpaired) electrons. The molecule has 12 nitrogen and oxygen atoms in total. The van der Waals surface area contributed by atoms with Crippen LogP contribution in [0.4, 0.5) is 0 Å². The molecule has 0 bridgehead atoms. The summed E-state index contributed by atoms with van der Waals surface area (Å²) < 4.78 is 6.56. The van der Waals surface area contributed by atoms with E-state index in [0.29, 0.717) is 5.56 Å². The van der Waals surface area contributed by atoms with Gasteiger partial charge in [-0.05, 0) is 6.07 Å². The number of aliphatic hydroxyl groups excluding tert-OH is 4. The average molecular weight is 455 g/mol. The maximum absolute atomic E-state index is 13.0. The molecular formula is C21H21N5O7. The molecular weight excluding hydrogens is 434 g/mol. The number of benzene rings is 1. The minimum Gasteiger partial charge on any atom is -0.394 e. The SMILES string of the molecule is CN1C(=O)C(c2cn([C@@H]3O[C@H](CO)[C@@H](O)[C@H](O)[C@H]3O)nn2)=C(c2c[nH]c3ccccc23)C1=O. The van der Waals surface area contributed by atoms with Crippen molar-refractivity contribution in [2.75, 3.05) is 13.7 Å². The van der Waals surface area contributed by atoms with E-state index in [2.05, 4.69) is 15.3 Å². The number of H-pyrrole nitrogens is 1. The van der Waals surface area contributed by atoms with Crippen molar-refractivity contribution in [3.63, 3.8) is 0 Å². The molecule has 4 heterocycles. The number of likely N-dealkylation sites (N-methyl/N-ethyl adjacent to an activating group) is 1. The lowest BCUT2D eigenvalue weighted by molar-refractivity contribution is -0.254. The molecule has 0 unspecified atom stereocenters. The second-order valence-corrected chi connectivity index (χ2v) is 7.97. The van der Waals surface area contributed by atoms with Crippen LogP contribution < -0.4 is 0 Å². The molecule has 1 fully saturated rings. The van der Waals surface area contributed by atoms with Crippen LogP contribution in [0.15, 0.2) is 36.7 Å². The summed E-state index contributed by atoms with van der Waals surface area (Å²) in [6.07, 6.45) is -4.18. The van der Waals surface area contributed by atoms with Crippen molar-refractivity contribution in [1.29, 1.82) is 0 Å². The lowest BCUT2D eigenvalue weighted by Gasteiger charge is -2.39. The largest absolute Gasteiger partial charge is 0.394 e. The Balaban J connectivity index is 1.59. The molecule has 2 aromatic heterocycles. The zero-order valence-corrected chi connectivity index (χ0v) is 17.4. The number of hydrogen-bond donors (Lipinski definition) is 5. The normalized spacial score (nSPS) is 28.4. The van der Waals surface area contributed by atoms with E-state index in [1.165, 1.54) is 13.2 Å². The second kappa shape index (κ2) is 7.86. The highest BCUT2D eigenvalue weighted by Crippen LogP contribution is 2.37. The minimum absolute atomic E-state index is 0.0306. The van der Waals surface area contributed by atoms with Crippen LogP contribution in [0, 0.1) is 0 Å². The van der Waals surface area contributed by atoms with Gasteiger partial charge in [-0.3, -0.25) is 14.5 Å². The first-order valence-corrected chi connectivity index (χ1v) is 10.2. The topological polar surface area (TPSA) is 174 Å². The van der Waals surface area contributed by atoms with Gasteiger partial charge in [0.25, 0.3) is 11.8 Å². The van der Waals surface area contributed by atoms with Crippen LogP contribution in [0.25, 0.3) is 22.0 Å². The van der Waals surface area contributed by atoms with Gasteiger partial charge in [-0.15, -0.1) is 5.10 Å². The molecule has 2 amide bonds. The van der Waals surface area contributed by atoms with E-state index in [0.717, 1.165) is 20.5 Å². The highest BCUT2D eigenvalue weighted by Gasteiger charge is 2.45. The van der Waals surface area contributed by atoms with Crippen molar-refractivity contribution in [2.45, 2.75) is 30.6 Å². The van der Waals surface area contributed by atoms with Crippen molar-refractivity contribution in [1.82, 2.24) is 24.9 Å². The number of nitrogens with zero attached hydrogens (tertiary/aromatic N) is 4. The molecule has 0 aliphatic carbocycles. The van der Waals surface area contributed by atoms with E-state index in [1.807, 2.05) is 24.3 Å². The van der Waals surface area contributed by atoms with Crippen LogP contribution in [0.3, 0.4) is 0 Å². The third-order valence-corrected chi connectivity index (χ3v) is 6.04. The van der Waals surface area contributed by atoms with Crippen LogP contribution in [0.5, 0.6) is 0 Å². The van der Waals surface area contributed by atoms with Crippen LogP contribution >= 0.6 is 0 Å². The predicted octanol–water partition coefficient (Wildman–Crippen LogP) is -1.36. The Kier molecular flexibility index (Phi) is 5.11. The highest BCUT2D eigenvalue weighted by molar-refractivity contribution is 6.49. The zero-order valence-electron chi connectivity index (χ0n) is 17.4. The minimum atomic E-state index is -1.60. The Hall–Kier alpha value is -3.42. The number of fused-ring (bicyclic) bond motifs is 1. The van der Waals surface area contributed by atoms with Gasteiger partial charge in [0.2, 0.25) is 0 Å². The van der Waals surface area contributed by atoms with Crippen LogP contribution in [0.2, 0.25) is 0 Å². The molecule has 1 aromatic carbocycles. The number of aromatic nitrogens is 4. The molecule has 0 spiro atoms. The number of nitrogens with one attached hydrogen (secondary N) is 1. The number of amides is 2. The molecule has 172 valence electrons. The van der Waals surface area contributed by atoms with E-state index < -0.39 is 49.1 Å². The van der Waals surface area contributed by atoms with Crippen molar-refractivity contribution in [3.05, 3.63) is 47.9 Å². The number of aromatic amines is 1. The summed E-state index contributed by atoms with van der Waals surface area (Å²) in [5.41, 5.74) is 1.57. The molecule has 5 rings (SSSR count). The molecule has 2 aliphatic rings. The van der Waals surface area contributed by atoms with Gasteiger partial charge in [-0.2, -0.15) is 0 Å². The molecule has 5 atom stereocenters. The van der Waals surface area contributed by atoms with Crippen LogP contribution in [-0.4, -0.2) is 95.2 Å².